The molecule has 1 rings (SSSR count). The minimum Gasteiger partial charge on any atom is -0.358 e. The van der Waals surface area contributed by atoms with Crippen LogP contribution in [0.3, 0.4) is 0 Å². The van der Waals surface area contributed by atoms with Crippen molar-refractivity contribution in [3.8, 4) is 0 Å². The molecule has 0 fully saturated rings. The highest BCUT2D eigenvalue weighted by molar-refractivity contribution is 5.42. The molecule has 3 N–H and O–H groups in total. The lowest BCUT2D eigenvalue weighted by atomic mass is 10.2. The van der Waals surface area contributed by atoms with Crippen LogP contribution in [0.5, 0.6) is 0 Å². The number of nitrogens with one attached hydrogen (secondary N) is 1. The van der Waals surface area contributed by atoms with Gasteiger partial charge in [0.15, 0.2) is 5.82 Å². The van der Waals surface area contributed by atoms with Crippen LogP contribution in [0, 0.1) is 0 Å². The summed E-state index contributed by atoms with van der Waals surface area (Å²) in [6.07, 6.45) is 6.99. The van der Waals surface area contributed by atoms with Crippen molar-refractivity contribution in [3.63, 3.8) is 0 Å². The van der Waals surface area contributed by atoms with Gasteiger partial charge in [0.05, 0.1) is 12.4 Å². The van der Waals surface area contributed by atoms with Crippen molar-refractivity contribution in [1.29, 1.82) is 0 Å². The average molecular weight is 209 g/mol. The van der Waals surface area contributed by atoms with Gasteiger partial charge < -0.3 is 10.3 Å². The minimum atomic E-state index is 0.592. The number of aromatic nitrogens is 2. The predicted molar refractivity (Wildman–Crippen MR) is 62.6 cm³/mol. The van der Waals surface area contributed by atoms with Crippen LogP contribution in [0.1, 0.15) is 26.2 Å². The predicted octanol–water partition coefficient (Wildman–Crippen LogP) is 1.39. The van der Waals surface area contributed by atoms with Crippen LogP contribution >= 0.6 is 0 Å². The molecule has 0 radical (unpaired) electrons. The van der Waals surface area contributed by atoms with E-state index in [9.17, 15) is 0 Å². The van der Waals surface area contributed by atoms with Gasteiger partial charge in [0, 0.05) is 13.6 Å². The maximum atomic E-state index is 5.27. The van der Waals surface area contributed by atoms with Gasteiger partial charge in [0.1, 0.15) is 5.82 Å². The van der Waals surface area contributed by atoms with Gasteiger partial charge in [-0.3, -0.25) is 4.98 Å². The molecule has 1 aromatic heterocycles. The van der Waals surface area contributed by atoms with E-state index in [1.807, 2.05) is 7.05 Å². The molecule has 1 aromatic rings. The molecule has 0 saturated heterocycles. The van der Waals surface area contributed by atoms with Crippen LogP contribution in [-0.2, 0) is 0 Å². The molecule has 0 aromatic carbocycles. The highest BCUT2D eigenvalue weighted by Crippen LogP contribution is 2.10. The topological polar surface area (TPSA) is 67.1 Å². The van der Waals surface area contributed by atoms with Gasteiger partial charge in [-0.05, 0) is 6.42 Å². The van der Waals surface area contributed by atoms with Crippen molar-refractivity contribution in [3.05, 3.63) is 12.4 Å². The van der Waals surface area contributed by atoms with Crippen LogP contribution < -0.4 is 16.2 Å². The van der Waals surface area contributed by atoms with Crippen LogP contribution in [0.2, 0.25) is 0 Å². The molecule has 5 heteroatoms. The minimum absolute atomic E-state index is 0.592. The first-order valence-electron chi connectivity index (χ1n) is 5.27. The summed E-state index contributed by atoms with van der Waals surface area (Å²) in [6, 6.07) is 0. The number of rotatable bonds is 6. The van der Waals surface area contributed by atoms with E-state index in [1.54, 1.807) is 12.4 Å². The van der Waals surface area contributed by atoms with E-state index in [-0.39, 0.29) is 0 Å². The largest absolute Gasteiger partial charge is 0.358 e. The highest BCUT2D eigenvalue weighted by Gasteiger charge is 2.03. The normalized spacial score (nSPS) is 10.1. The van der Waals surface area contributed by atoms with Gasteiger partial charge in [0.2, 0.25) is 0 Å². The zero-order valence-electron chi connectivity index (χ0n) is 9.40. The zero-order valence-corrected chi connectivity index (χ0v) is 9.40. The SMILES string of the molecule is CCCCCN(C)c1cncc(NN)n1. The van der Waals surface area contributed by atoms with Crippen molar-refractivity contribution in [2.45, 2.75) is 26.2 Å². The second-order valence-corrected chi connectivity index (χ2v) is 3.54. The fourth-order valence-corrected chi connectivity index (χ4v) is 1.32. The highest BCUT2D eigenvalue weighted by atomic mass is 15.3. The number of hydrogen-bond donors (Lipinski definition) is 2. The van der Waals surface area contributed by atoms with Crippen LogP contribution in [-0.4, -0.2) is 23.6 Å². The Balaban J connectivity index is 2.52. The summed E-state index contributed by atoms with van der Waals surface area (Å²) in [7, 11) is 2.01. The molecule has 0 aliphatic carbocycles. The summed E-state index contributed by atoms with van der Waals surface area (Å²) in [6.45, 7) is 3.19. The molecule has 0 saturated carbocycles. The molecule has 0 bridgehead atoms. The fraction of sp³-hybridized carbons (Fsp3) is 0.600. The Bertz CT molecular complexity index is 289. The summed E-state index contributed by atoms with van der Waals surface area (Å²) in [4.78, 5) is 10.4. The lowest BCUT2D eigenvalue weighted by Crippen LogP contribution is -2.20. The van der Waals surface area contributed by atoms with E-state index in [1.165, 1.54) is 19.3 Å². The second-order valence-electron chi connectivity index (χ2n) is 3.54. The Kier molecular flexibility index (Phi) is 4.83. The standard InChI is InChI=1S/C10H19N5/c1-3-4-5-6-15(2)10-8-12-7-9(13-10)14-11/h7-8H,3-6,11H2,1-2H3,(H,13,14). The van der Waals surface area contributed by atoms with Crippen molar-refractivity contribution in [2.75, 3.05) is 23.9 Å². The van der Waals surface area contributed by atoms with E-state index in [2.05, 4.69) is 27.2 Å². The molecule has 0 spiro atoms. The third-order valence-corrected chi connectivity index (χ3v) is 2.26. The maximum Gasteiger partial charge on any atom is 0.160 e. The number of nitrogen functional groups attached to an aromatic ring is 1. The summed E-state index contributed by atoms with van der Waals surface area (Å²) in [5.74, 6) is 6.71. The Morgan fingerprint density at radius 1 is 1.40 bits per heavy atom. The lowest BCUT2D eigenvalue weighted by Gasteiger charge is -2.17. The van der Waals surface area contributed by atoms with E-state index in [0.717, 1.165) is 12.4 Å². The smallest absolute Gasteiger partial charge is 0.160 e. The zero-order chi connectivity index (χ0) is 11.1. The molecule has 5 nitrogen and oxygen atoms in total. The van der Waals surface area contributed by atoms with E-state index >= 15 is 0 Å². The van der Waals surface area contributed by atoms with Crippen LogP contribution in [0.25, 0.3) is 0 Å². The van der Waals surface area contributed by atoms with E-state index < -0.39 is 0 Å². The summed E-state index contributed by atoms with van der Waals surface area (Å²) in [5, 5.41) is 0. The number of anilines is 2. The third kappa shape index (κ3) is 3.71. The van der Waals surface area contributed by atoms with E-state index in [4.69, 9.17) is 5.84 Å². The third-order valence-electron chi connectivity index (χ3n) is 2.26. The van der Waals surface area contributed by atoms with Crippen molar-refractivity contribution in [2.24, 2.45) is 5.84 Å². The van der Waals surface area contributed by atoms with Gasteiger partial charge in [-0.15, -0.1) is 0 Å². The van der Waals surface area contributed by atoms with Crippen molar-refractivity contribution in [1.82, 2.24) is 9.97 Å². The number of nitrogens with two attached hydrogens (primary N) is 1. The van der Waals surface area contributed by atoms with Crippen LogP contribution in [0.15, 0.2) is 12.4 Å². The molecular formula is C10H19N5. The quantitative estimate of drug-likeness (QED) is 0.421. The Labute approximate surface area is 90.7 Å². The summed E-state index contributed by atoms with van der Waals surface area (Å²) in [5.41, 5.74) is 2.49. The first-order chi connectivity index (χ1) is 7.27. The van der Waals surface area contributed by atoms with Gasteiger partial charge in [0.25, 0.3) is 0 Å². The van der Waals surface area contributed by atoms with Crippen molar-refractivity contribution < 1.29 is 0 Å². The molecule has 0 unspecified atom stereocenters. The summed E-state index contributed by atoms with van der Waals surface area (Å²) >= 11 is 0. The summed E-state index contributed by atoms with van der Waals surface area (Å²) < 4.78 is 0. The maximum absolute atomic E-state index is 5.27. The molecule has 84 valence electrons. The van der Waals surface area contributed by atoms with Gasteiger partial charge in [-0.1, -0.05) is 19.8 Å². The Morgan fingerprint density at radius 2 is 2.20 bits per heavy atom. The van der Waals surface area contributed by atoms with Gasteiger partial charge >= 0.3 is 0 Å². The monoisotopic (exact) mass is 209 g/mol. The van der Waals surface area contributed by atoms with Gasteiger partial charge in [-0.2, -0.15) is 0 Å². The number of hydrogen-bond acceptors (Lipinski definition) is 5. The Morgan fingerprint density at radius 3 is 2.87 bits per heavy atom. The molecule has 0 amide bonds. The molecule has 0 aliphatic heterocycles. The second kappa shape index (κ2) is 6.19. The average Bonchev–Trinajstić information content (AvgIpc) is 2.29. The lowest BCUT2D eigenvalue weighted by molar-refractivity contribution is 0.700. The molecule has 15 heavy (non-hydrogen) atoms. The van der Waals surface area contributed by atoms with Gasteiger partial charge in [-0.25, -0.2) is 10.8 Å². The molecule has 0 aliphatic rings. The first kappa shape index (κ1) is 11.7. The van der Waals surface area contributed by atoms with Crippen molar-refractivity contribution >= 4 is 11.6 Å². The molecule has 0 atom stereocenters. The number of unbranched alkanes of at least 4 members (excludes halogenated alkanes) is 2. The van der Waals surface area contributed by atoms with E-state index in [0.29, 0.717) is 5.82 Å². The first-order valence-corrected chi connectivity index (χ1v) is 5.27. The fourth-order valence-electron chi connectivity index (χ4n) is 1.32. The van der Waals surface area contributed by atoms with Crippen LogP contribution in [0.4, 0.5) is 11.6 Å². The Hall–Kier alpha value is -1.36. The number of nitrogens with zero attached hydrogens (tertiary/aromatic N) is 3. The number of hydrazine groups is 1. The molecular weight excluding hydrogens is 190 g/mol. The molecule has 1 heterocycles.